The Hall–Kier alpha value is 0.110. The van der Waals surface area contributed by atoms with Gasteiger partial charge in [0, 0.05) is 0 Å². The highest BCUT2D eigenvalue weighted by atomic mass is 31.2. The molecule has 0 fully saturated rings. The van der Waals surface area contributed by atoms with E-state index in [0.717, 1.165) is 25.7 Å². The van der Waals surface area contributed by atoms with Gasteiger partial charge >= 0.3 is 7.82 Å². The van der Waals surface area contributed by atoms with Crippen molar-refractivity contribution in [2.45, 2.75) is 66.2 Å². The van der Waals surface area contributed by atoms with Crippen LogP contribution in [0.5, 0.6) is 0 Å². The van der Waals surface area contributed by atoms with Gasteiger partial charge in [0.15, 0.2) is 0 Å². The van der Waals surface area contributed by atoms with Crippen molar-refractivity contribution in [3.05, 3.63) is 0 Å². The van der Waals surface area contributed by atoms with Crippen molar-refractivity contribution < 1.29 is 18.1 Å². The van der Waals surface area contributed by atoms with Crippen LogP contribution in [0.3, 0.4) is 0 Å². The lowest BCUT2D eigenvalue weighted by atomic mass is 10.2. The molecule has 0 aromatic heterocycles. The van der Waals surface area contributed by atoms with Crippen LogP contribution >= 0.6 is 7.82 Å². The molecular formula is C14H31O4P. The molecule has 0 radical (unpaired) electrons. The molecule has 5 heteroatoms. The van der Waals surface area contributed by atoms with E-state index in [4.69, 9.17) is 13.6 Å². The monoisotopic (exact) mass is 294 g/mol. The Labute approximate surface area is 118 Å². The highest BCUT2D eigenvalue weighted by Gasteiger charge is 2.26. The van der Waals surface area contributed by atoms with Crippen LogP contribution in [-0.4, -0.2) is 19.8 Å². The minimum Gasteiger partial charge on any atom is -0.287 e. The van der Waals surface area contributed by atoms with Crippen LogP contribution in [0.4, 0.5) is 0 Å². The number of phosphoric acid groups is 1. The van der Waals surface area contributed by atoms with Gasteiger partial charge in [-0.1, -0.05) is 53.4 Å². The average Bonchev–Trinajstić information content (AvgIpc) is 2.37. The van der Waals surface area contributed by atoms with Crippen LogP contribution in [-0.2, 0) is 18.1 Å². The van der Waals surface area contributed by atoms with Crippen molar-refractivity contribution in [1.29, 1.82) is 0 Å². The number of hydrogen-bond acceptors (Lipinski definition) is 4. The quantitative estimate of drug-likeness (QED) is 0.347. The first kappa shape index (κ1) is 19.1. The summed E-state index contributed by atoms with van der Waals surface area (Å²) in [7, 11) is -3.35. The molecule has 0 bridgehead atoms. The first-order chi connectivity index (χ1) is 9.04. The summed E-state index contributed by atoms with van der Waals surface area (Å²) in [6.07, 6.45) is 6.22. The molecule has 0 N–H and O–H groups in total. The zero-order valence-corrected chi connectivity index (χ0v) is 13.9. The molecule has 0 heterocycles. The number of phosphoric ester groups is 1. The summed E-state index contributed by atoms with van der Waals surface area (Å²) >= 11 is 0. The second-order valence-corrected chi connectivity index (χ2v) is 6.89. The molecular weight excluding hydrogens is 263 g/mol. The largest absolute Gasteiger partial charge is 0.474 e. The normalized spacial score (nSPS) is 14.8. The predicted molar refractivity (Wildman–Crippen MR) is 79.4 cm³/mol. The van der Waals surface area contributed by atoms with Crippen molar-refractivity contribution in [3.63, 3.8) is 0 Å². The lowest BCUT2D eigenvalue weighted by Gasteiger charge is -2.19. The van der Waals surface area contributed by atoms with Gasteiger partial charge in [-0.05, 0) is 18.8 Å². The van der Waals surface area contributed by atoms with E-state index in [0.29, 0.717) is 25.7 Å². The lowest BCUT2D eigenvalue weighted by molar-refractivity contribution is 0.102. The molecule has 0 rings (SSSR count). The summed E-state index contributed by atoms with van der Waals surface area (Å²) in [5.74, 6) is 0.312. The second-order valence-electron chi connectivity index (χ2n) is 5.22. The molecule has 1 unspecified atom stereocenters. The average molecular weight is 294 g/mol. The van der Waals surface area contributed by atoms with Crippen molar-refractivity contribution in [2.24, 2.45) is 5.92 Å². The third kappa shape index (κ3) is 11.6. The standard InChI is InChI=1S/C14H31O4P/c1-5-7-9-10-12-17-19(15,16-11-8-6-2)18-13-14(3)4/h14H,5-13H2,1-4H3. The molecule has 0 amide bonds. The highest BCUT2D eigenvalue weighted by Crippen LogP contribution is 2.50. The lowest BCUT2D eigenvalue weighted by Crippen LogP contribution is -2.07. The maximum Gasteiger partial charge on any atom is 0.474 e. The van der Waals surface area contributed by atoms with Crippen molar-refractivity contribution in [2.75, 3.05) is 19.8 Å². The Morgan fingerprint density at radius 2 is 1.42 bits per heavy atom. The van der Waals surface area contributed by atoms with Gasteiger partial charge in [0.2, 0.25) is 0 Å². The Kier molecular flexibility index (Phi) is 12.0. The number of hydrogen-bond donors (Lipinski definition) is 0. The van der Waals surface area contributed by atoms with Gasteiger partial charge in [-0.15, -0.1) is 0 Å². The first-order valence-electron chi connectivity index (χ1n) is 7.57. The van der Waals surface area contributed by atoms with E-state index in [1.165, 1.54) is 12.8 Å². The van der Waals surface area contributed by atoms with Gasteiger partial charge in [-0.2, -0.15) is 0 Å². The third-order valence-electron chi connectivity index (χ3n) is 2.56. The molecule has 0 saturated carbocycles. The third-order valence-corrected chi connectivity index (χ3v) is 4.02. The number of rotatable bonds is 13. The molecule has 0 aromatic rings. The summed E-state index contributed by atoms with van der Waals surface area (Å²) < 4.78 is 28.4. The SMILES string of the molecule is CCCCCCOP(=O)(OCCCC)OCC(C)C. The minimum absolute atomic E-state index is 0.312. The topological polar surface area (TPSA) is 44.8 Å². The Morgan fingerprint density at radius 1 is 0.842 bits per heavy atom. The Morgan fingerprint density at radius 3 is 1.95 bits per heavy atom. The molecule has 0 aliphatic rings. The van der Waals surface area contributed by atoms with Gasteiger partial charge in [0.1, 0.15) is 0 Å². The summed E-state index contributed by atoms with van der Waals surface area (Å²) in [4.78, 5) is 0. The summed E-state index contributed by atoms with van der Waals surface area (Å²) in [5.41, 5.74) is 0. The fourth-order valence-electron chi connectivity index (χ4n) is 1.38. The molecule has 0 aliphatic heterocycles. The van der Waals surface area contributed by atoms with E-state index in [1.54, 1.807) is 0 Å². The smallest absolute Gasteiger partial charge is 0.287 e. The van der Waals surface area contributed by atoms with E-state index in [-0.39, 0.29) is 0 Å². The highest BCUT2D eigenvalue weighted by molar-refractivity contribution is 7.48. The number of unbranched alkanes of at least 4 members (excludes halogenated alkanes) is 4. The summed E-state index contributed by atoms with van der Waals surface area (Å²) in [6.45, 7) is 9.52. The van der Waals surface area contributed by atoms with E-state index in [9.17, 15) is 4.57 Å². The molecule has 1 atom stereocenters. The molecule has 116 valence electrons. The maximum absolute atomic E-state index is 12.4. The van der Waals surface area contributed by atoms with Crippen molar-refractivity contribution in [1.82, 2.24) is 0 Å². The van der Waals surface area contributed by atoms with E-state index in [1.807, 2.05) is 13.8 Å². The van der Waals surface area contributed by atoms with Gasteiger partial charge < -0.3 is 0 Å². The van der Waals surface area contributed by atoms with Gasteiger partial charge in [0.05, 0.1) is 19.8 Å². The molecule has 4 nitrogen and oxygen atoms in total. The van der Waals surface area contributed by atoms with Crippen LogP contribution in [0.2, 0.25) is 0 Å². The summed E-state index contributed by atoms with van der Waals surface area (Å²) in [6, 6.07) is 0. The van der Waals surface area contributed by atoms with Gasteiger partial charge in [0.25, 0.3) is 0 Å². The first-order valence-corrected chi connectivity index (χ1v) is 9.03. The Bertz CT molecular complexity index is 244. The summed E-state index contributed by atoms with van der Waals surface area (Å²) in [5, 5.41) is 0. The van der Waals surface area contributed by atoms with E-state index >= 15 is 0 Å². The molecule has 0 aromatic carbocycles. The van der Waals surface area contributed by atoms with Crippen molar-refractivity contribution in [3.8, 4) is 0 Å². The zero-order valence-electron chi connectivity index (χ0n) is 13.0. The van der Waals surface area contributed by atoms with E-state index < -0.39 is 7.82 Å². The fourth-order valence-corrected chi connectivity index (χ4v) is 2.79. The van der Waals surface area contributed by atoms with Crippen LogP contribution in [0.1, 0.15) is 66.2 Å². The minimum atomic E-state index is -3.35. The molecule has 0 spiro atoms. The second kappa shape index (κ2) is 11.9. The van der Waals surface area contributed by atoms with Crippen LogP contribution < -0.4 is 0 Å². The fraction of sp³-hybridized carbons (Fsp3) is 1.00. The van der Waals surface area contributed by atoms with Crippen molar-refractivity contribution >= 4 is 7.82 Å². The molecule has 19 heavy (non-hydrogen) atoms. The maximum atomic E-state index is 12.4. The molecule has 0 aliphatic carbocycles. The van der Waals surface area contributed by atoms with E-state index in [2.05, 4.69) is 13.8 Å². The van der Waals surface area contributed by atoms with Gasteiger partial charge in [-0.25, -0.2) is 4.57 Å². The predicted octanol–water partition coefficient (Wildman–Crippen LogP) is 5.18. The Balaban J connectivity index is 4.04. The molecule has 0 saturated heterocycles. The van der Waals surface area contributed by atoms with Crippen LogP contribution in [0.25, 0.3) is 0 Å². The zero-order chi connectivity index (χ0) is 14.6. The van der Waals surface area contributed by atoms with Crippen LogP contribution in [0.15, 0.2) is 0 Å². The van der Waals surface area contributed by atoms with Gasteiger partial charge in [-0.3, -0.25) is 13.6 Å². The van der Waals surface area contributed by atoms with Crippen LogP contribution in [0, 0.1) is 5.92 Å².